The molecule has 1 N–H and O–H groups in total. The molecule has 6 nitrogen and oxygen atoms in total. The number of amides is 1. The van der Waals surface area contributed by atoms with Gasteiger partial charge in [-0.15, -0.1) is 0 Å². The van der Waals surface area contributed by atoms with Crippen LogP contribution in [0.1, 0.15) is 27.3 Å². The summed E-state index contributed by atoms with van der Waals surface area (Å²) in [6.45, 7) is 3.00. The van der Waals surface area contributed by atoms with Crippen LogP contribution in [0.15, 0.2) is 47.3 Å². The van der Waals surface area contributed by atoms with E-state index in [4.69, 9.17) is 5.10 Å². The topological polar surface area (TPSA) is 71.0 Å². The van der Waals surface area contributed by atoms with Crippen LogP contribution in [-0.4, -0.2) is 38.7 Å². The van der Waals surface area contributed by atoms with E-state index in [0.29, 0.717) is 30.8 Å². The molecule has 27 heavy (non-hydrogen) atoms. The number of nitrogens with zero attached hydrogens (tertiary/aromatic N) is 3. The Morgan fingerprint density at radius 3 is 2.59 bits per heavy atom. The van der Waals surface area contributed by atoms with Crippen LogP contribution in [0.5, 0.6) is 0 Å². The summed E-state index contributed by atoms with van der Waals surface area (Å²) in [6.07, 6.45) is 1.46. The Morgan fingerprint density at radius 2 is 1.85 bits per heavy atom. The van der Waals surface area contributed by atoms with Gasteiger partial charge < -0.3 is 9.88 Å². The van der Waals surface area contributed by atoms with Crippen molar-refractivity contribution in [1.82, 2.24) is 19.7 Å². The second kappa shape index (κ2) is 6.87. The first-order chi connectivity index (χ1) is 13.0. The van der Waals surface area contributed by atoms with Crippen molar-refractivity contribution in [1.29, 1.82) is 0 Å². The Balaban J connectivity index is 1.62. The van der Waals surface area contributed by atoms with Gasteiger partial charge in [0.15, 0.2) is 0 Å². The average molecular weight is 362 g/mol. The molecule has 3 aromatic rings. The Bertz CT molecular complexity index is 1050. The smallest absolute Gasteiger partial charge is 0.254 e. The number of carbonyl (C=O) groups excluding carboxylic acids is 1. The minimum Gasteiger partial charge on any atom is -0.338 e. The number of fused-ring (bicyclic) bond motifs is 1. The summed E-state index contributed by atoms with van der Waals surface area (Å²) in [7, 11) is 1.97. The lowest BCUT2D eigenvalue weighted by Gasteiger charge is -2.20. The maximum absolute atomic E-state index is 12.9. The van der Waals surface area contributed by atoms with Crippen LogP contribution in [0.4, 0.5) is 0 Å². The molecule has 3 heterocycles. The standard InChI is InChI=1S/C21H22N4O2/c1-14-12-16(13-19(26)22-14)21(27)25-10-8-17-18(9-11-25)23-24(2)20(17)15-6-4-3-5-7-15/h3-7,12-13H,8-11H2,1-2H3,(H,22,26). The summed E-state index contributed by atoms with van der Waals surface area (Å²) >= 11 is 0. The van der Waals surface area contributed by atoms with Crippen molar-refractivity contribution in [3.63, 3.8) is 0 Å². The first-order valence-corrected chi connectivity index (χ1v) is 9.13. The Kier molecular flexibility index (Phi) is 4.39. The van der Waals surface area contributed by atoms with Crippen LogP contribution in [0.25, 0.3) is 11.3 Å². The quantitative estimate of drug-likeness (QED) is 0.761. The fourth-order valence-electron chi connectivity index (χ4n) is 3.84. The zero-order valence-corrected chi connectivity index (χ0v) is 15.5. The first-order valence-electron chi connectivity index (χ1n) is 9.13. The molecule has 0 unspecified atom stereocenters. The molecule has 138 valence electrons. The predicted molar refractivity (Wildman–Crippen MR) is 104 cm³/mol. The summed E-state index contributed by atoms with van der Waals surface area (Å²) in [5.41, 5.74) is 5.41. The molecular formula is C21H22N4O2. The van der Waals surface area contributed by atoms with E-state index >= 15 is 0 Å². The molecule has 1 aliphatic rings. The van der Waals surface area contributed by atoms with Crippen molar-refractivity contribution < 1.29 is 4.79 Å². The first kappa shape index (κ1) is 17.3. The minimum atomic E-state index is -0.245. The molecule has 0 atom stereocenters. The van der Waals surface area contributed by atoms with E-state index in [1.165, 1.54) is 11.6 Å². The highest BCUT2D eigenvalue weighted by atomic mass is 16.2. The number of aromatic nitrogens is 3. The Labute approximate surface area is 157 Å². The van der Waals surface area contributed by atoms with Gasteiger partial charge in [0.1, 0.15) is 0 Å². The SMILES string of the molecule is Cc1cc(C(=O)N2CCc3nn(C)c(-c4ccccc4)c3CC2)cc(=O)[nH]1. The predicted octanol–water partition coefficient (Wildman–Crippen LogP) is 2.32. The number of aromatic amines is 1. The van der Waals surface area contributed by atoms with Gasteiger partial charge in [-0.1, -0.05) is 30.3 Å². The fourth-order valence-corrected chi connectivity index (χ4v) is 3.84. The summed E-state index contributed by atoms with van der Waals surface area (Å²) in [4.78, 5) is 29.1. The number of H-pyrrole nitrogens is 1. The number of benzene rings is 1. The maximum Gasteiger partial charge on any atom is 0.254 e. The van der Waals surface area contributed by atoms with Crippen LogP contribution in [0.3, 0.4) is 0 Å². The largest absolute Gasteiger partial charge is 0.338 e. The third-order valence-electron chi connectivity index (χ3n) is 5.04. The zero-order valence-electron chi connectivity index (χ0n) is 15.5. The molecule has 0 spiro atoms. The molecule has 4 rings (SSSR count). The van der Waals surface area contributed by atoms with Crippen LogP contribution >= 0.6 is 0 Å². The van der Waals surface area contributed by atoms with Crippen LogP contribution < -0.4 is 5.56 Å². The molecule has 1 aromatic carbocycles. The zero-order chi connectivity index (χ0) is 19.0. The van der Waals surface area contributed by atoms with Gasteiger partial charge in [-0.2, -0.15) is 5.10 Å². The molecule has 0 radical (unpaired) electrons. The average Bonchev–Trinajstić information content (AvgIpc) is 2.82. The summed E-state index contributed by atoms with van der Waals surface area (Å²) in [5, 5.41) is 4.71. The summed E-state index contributed by atoms with van der Waals surface area (Å²) in [5.74, 6) is -0.0972. The van der Waals surface area contributed by atoms with E-state index in [2.05, 4.69) is 17.1 Å². The monoisotopic (exact) mass is 362 g/mol. The maximum atomic E-state index is 12.9. The van der Waals surface area contributed by atoms with E-state index in [1.807, 2.05) is 34.8 Å². The second-order valence-corrected chi connectivity index (χ2v) is 6.97. The van der Waals surface area contributed by atoms with Gasteiger partial charge >= 0.3 is 0 Å². The molecule has 1 amide bonds. The van der Waals surface area contributed by atoms with Crippen LogP contribution in [0.2, 0.25) is 0 Å². The Hall–Kier alpha value is -3.15. The van der Waals surface area contributed by atoms with E-state index in [1.54, 1.807) is 13.0 Å². The highest BCUT2D eigenvalue weighted by Gasteiger charge is 2.25. The molecule has 0 fully saturated rings. The highest BCUT2D eigenvalue weighted by Crippen LogP contribution is 2.28. The van der Waals surface area contributed by atoms with Crippen LogP contribution in [0, 0.1) is 6.92 Å². The van der Waals surface area contributed by atoms with Gasteiger partial charge in [0.2, 0.25) is 5.56 Å². The molecule has 0 bridgehead atoms. The summed E-state index contributed by atoms with van der Waals surface area (Å²) < 4.78 is 1.94. The number of aryl methyl sites for hydroxylation is 2. The summed E-state index contributed by atoms with van der Waals surface area (Å²) in [6, 6.07) is 13.3. The van der Waals surface area contributed by atoms with Gasteiger partial charge in [-0.25, -0.2) is 0 Å². The van der Waals surface area contributed by atoms with Crippen molar-refractivity contribution in [3.05, 3.63) is 75.3 Å². The van der Waals surface area contributed by atoms with Crippen molar-refractivity contribution in [2.75, 3.05) is 13.1 Å². The lowest BCUT2D eigenvalue weighted by Crippen LogP contribution is -2.34. The molecule has 1 aliphatic heterocycles. The number of pyridine rings is 1. The van der Waals surface area contributed by atoms with Gasteiger partial charge in [-0.05, 0) is 19.4 Å². The van der Waals surface area contributed by atoms with E-state index in [-0.39, 0.29) is 11.5 Å². The molecule has 0 saturated carbocycles. The normalized spacial score (nSPS) is 13.9. The van der Waals surface area contributed by atoms with Crippen molar-refractivity contribution >= 4 is 5.91 Å². The molecular weight excluding hydrogens is 340 g/mol. The van der Waals surface area contributed by atoms with E-state index in [0.717, 1.165) is 23.4 Å². The lowest BCUT2D eigenvalue weighted by molar-refractivity contribution is 0.0762. The molecule has 0 aliphatic carbocycles. The third-order valence-corrected chi connectivity index (χ3v) is 5.04. The number of rotatable bonds is 2. The molecule has 2 aromatic heterocycles. The highest BCUT2D eigenvalue weighted by molar-refractivity contribution is 5.94. The van der Waals surface area contributed by atoms with Crippen molar-refractivity contribution in [2.24, 2.45) is 7.05 Å². The third kappa shape index (κ3) is 3.30. The van der Waals surface area contributed by atoms with Crippen LogP contribution in [-0.2, 0) is 19.9 Å². The number of nitrogens with one attached hydrogen (secondary N) is 1. The van der Waals surface area contributed by atoms with Crippen molar-refractivity contribution in [2.45, 2.75) is 19.8 Å². The number of hydrogen-bond acceptors (Lipinski definition) is 3. The van der Waals surface area contributed by atoms with Gasteiger partial charge in [0.25, 0.3) is 5.91 Å². The van der Waals surface area contributed by atoms with E-state index in [9.17, 15) is 9.59 Å². The number of hydrogen-bond donors (Lipinski definition) is 1. The fraction of sp³-hybridized carbons (Fsp3) is 0.286. The Morgan fingerprint density at radius 1 is 1.11 bits per heavy atom. The lowest BCUT2D eigenvalue weighted by atomic mass is 10.0. The second-order valence-electron chi connectivity index (χ2n) is 6.97. The number of carbonyl (C=O) groups is 1. The molecule has 0 saturated heterocycles. The van der Waals surface area contributed by atoms with Gasteiger partial charge in [-0.3, -0.25) is 14.3 Å². The van der Waals surface area contributed by atoms with Gasteiger partial charge in [0.05, 0.1) is 11.4 Å². The minimum absolute atomic E-state index is 0.0972. The molecule has 6 heteroatoms. The van der Waals surface area contributed by atoms with Crippen molar-refractivity contribution in [3.8, 4) is 11.3 Å². The van der Waals surface area contributed by atoms with E-state index < -0.39 is 0 Å². The van der Waals surface area contributed by atoms with Gasteiger partial charge in [0, 0.05) is 55.0 Å².